The van der Waals surface area contributed by atoms with E-state index in [2.05, 4.69) is 0 Å². The molecule has 0 spiro atoms. The zero-order valence-corrected chi connectivity index (χ0v) is 12.0. The van der Waals surface area contributed by atoms with E-state index in [4.69, 9.17) is 5.73 Å². The van der Waals surface area contributed by atoms with Crippen molar-refractivity contribution < 1.29 is 19.8 Å². The van der Waals surface area contributed by atoms with Gasteiger partial charge in [-0.15, -0.1) is 0 Å². The summed E-state index contributed by atoms with van der Waals surface area (Å²) in [4.78, 5) is 25.0. The highest BCUT2D eigenvalue weighted by Crippen LogP contribution is 2.30. The predicted molar refractivity (Wildman–Crippen MR) is 76.7 cm³/mol. The second-order valence-corrected chi connectivity index (χ2v) is 5.85. The Morgan fingerprint density at radius 2 is 2.00 bits per heavy atom. The summed E-state index contributed by atoms with van der Waals surface area (Å²) in [5, 5.41) is 18.4. The quantitative estimate of drug-likeness (QED) is 0.753. The standard InChI is InChI=1S/C15H20N2O4/c1-15(14(20)21)6-7-17(9-15)13(19)12(16)8-10-2-4-11(18)5-3-10/h2-5,12,18H,6-9,16H2,1H3,(H,20,21). The lowest BCUT2D eigenvalue weighted by atomic mass is 9.90. The van der Waals surface area contributed by atoms with Crippen LogP contribution < -0.4 is 5.73 Å². The third-order valence-corrected chi connectivity index (χ3v) is 4.01. The molecule has 2 rings (SSSR count). The first-order valence-corrected chi connectivity index (χ1v) is 6.87. The molecule has 0 radical (unpaired) electrons. The zero-order chi connectivity index (χ0) is 15.6. The van der Waals surface area contributed by atoms with Crippen molar-refractivity contribution in [3.63, 3.8) is 0 Å². The molecule has 6 nitrogen and oxygen atoms in total. The topological polar surface area (TPSA) is 104 Å². The van der Waals surface area contributed by atoms with Crippen LogP contribution in [0.15, 0.2) is 24.3 Å². The first-order chi connectivity index (χ1) is 9.82. The summed E-state index contributed by atoms with van der Waals surface area (Å²) >= 11 is 0. The molecular formula is C15H20N2O4. The SMILES string of the molecule is CC1(C(=O)O)CCN(C(=O)C(N)Cc2ccc(O)cc2)C1. The number of hydrogen-bond donors (Lipinski definition) is 3. The van der Waals surface area contributed by atoms with Gasteiger partial charge in [-0.3, -0.25) is 9.59 Å². The third kappa shape index (κ3) is 3.33. The number of hydrogen-bond acceptors (Lipinski definition) is 4. The molecule has 0 bridgehead atoms. The van der Waals surface area contributed by atoms with Crippen molar-refractivity contribution in [1.82, 2.24) is 4.90 Å². The monoisotopic (exact) mass is 292 g/mol. The van der Waals surface area contributed by atoms with E-state index in [-0.39, 0.29) is 18.2 Å². The fourth-order valence-corrected chi connectivity index (χ4v) is 2.53. The number of benzene rings is 1. The number of phenolic OH excluding ortho intramolecular Hbond substituents is 1. The number of phenols is 1. The van der Waals surface area contributed by atoms with Crippen LogP contribution in [0.2, 0.25) is 0 Å². The maximum atomic E-state index is 12.3. The number of carboxylic acids is 1. The van der Waals surface area contributed by atoms with Crippen LogP contribution in [0.5, 0.6) is 5.75 Å². The molecule has 1 aromatic carbocycles. The number of carbonyl (C=O) groups excluding carboxylic acids is 1. The molecule has 0 saturated carbocycles. The minimum absolute atomic E-state index is 0.162. The highest BCUT2D eigenvalue weighted by Gasteiger charge is 2.42. The normalized spacial score (nSPS) is 23.0. The van der Waals surface area contributed by atoms with Gasteiger partial charge in [-0.1, -0.05) is 12.1 Å². The van der Waals surface area contributed by atoms with Gasteiger partial charge in [-0.2, -0.15) is 0 Å². The molecule has 4 N–H and O–H groups in total. The summed E-state index contributed by atoms with van der Waals surface area (Å²) in [6.07, 6.45) is 0.805. The van der Waals surface area contributed by atoms with Crippen LogP contribution in [-0.4, -0.2) is 46.1 Å². The van der Waals surface area contributed by atoms with Crippen LogP contribution in [0.4, 0.5) is 0 Å². The van der Waals surface area contributed by atoms with Crippen molar-refractivity contribution in [3.05, 3.63) is 29.8 Å². The van der Waals surface area contributed by atoms with Gasteiger partial charge >= 0.3 is 5.97 Å². The van der Waals surface area contributed by atoms with Crippen LogP contribution in [-0.2, 0) is 16.0 Å². The predicted octanol–water partition coefficient (Wildman–Crippen LogP) is 0.585. The van der Waals surface area contributed by atoms with E-state index in [0.717, 1.165) is 5.56 Å². The Labute approximate surface area is 123 Å². The molecule has 1 aliphatic heterocycles. The molecule has 1 aliphatic rings. The number of aliphatic carboxylic acids is 1. The van der Waals surface area contributed by atoms with Crippen molar-refractivity contribution in [2.45, 2.75) is 25.8 Å². The zero-order valence-electron chi connectivity index (χ0n) is 12.0. The van der Waals surface area contributed by atoms with Crippen LogP contribution in [0.1, 0.15) is 18.9 Å². The van der Waals surface area contributed by atoms with Crippen LogP contribution in [0.25, 0.3) is 0 Å². The molecule has 1 saturated heterocycles. The lowest BCUT2D eigenvalue weighted by molar-refractivity contribution is -0.147. The Bertz CT molecular complexity index is 543. The average Bonchev–Trinajstić information content (AvgIpc) is 2.84. The fourth-order valence-electron chi connectivity index (χ4n) is 2.53. The number of likely N-dealkylation sites (tertiary alicyclic amines) is 1. The number of nitrogens with two attached hydrogens (primary N) is 1. The molecule has 2 atom stereocenters. The first kappa shape index (κ1) is 15.3. The third-order valence-electron chi connectivity index (χ3n) is 4.01. The lowest BCUT2D eigenvalue weighted by Gasteiger charge is -2.23. The summed E-state index contributed by atoms with van der Waals surface area (Å²) in [6.45, 7) is 2.27. The average molecular weight is 292 g/mol. The van der Waals surface area contributed by atoms with Gasteiger partial charge in [0.1, 0.15) is 5.75 Å². The van der Waals surface area contributed by atoms with Gasteiger partial charge in [0, 0.05) is 13.1 Å². The molecule has 114 valence electrons. The number of carbonyl (C=O) groups is 2. The van der Waals surface area contributed by atoms with Crippen molar-refractivity contribution in [1.29, 1.82) is 0 Å². The maximum absolute atomic E-state index is 12.3. The van der Waals surface area contributed by atoms with Gasteiger partial charge < -0.3 is 20.8 Å². The van der Waals surface area contributed by atoms with Gasteiger partial charge in [-0.05, 0) is 37.5 Å². The van der Waals surface area contributed by atoms with Gasteiger partial charge in [-0.25, -0.2) is 0 Å². The Morgan fingerprint density at radius 3 is 2.52 bits per heavy atom. The van der Waals surface area contributed by atoms with Crippen molar-refractivity contribution >= 4 is 11.9 Å². The van der Waals surface area contributed by atoms with E-state index in [1.807, 2.05) is 0 Å². The number of aromatic hydroxyl groups is 1. The summed E-state index contributed by atoms with van der Waals surface area (Å²) < 4.78 is 0. The smallest absolute Gasteiger partial charge is 0.311 e. The van der Waals surface area contributed by atoms with E-state index in [1.165, 1.54) is 4.90 Å². The molecule has 0 aliphatic carbocycles. The molecule has 0 aromatic heterocycles. The number of rotatable bonds is 4. The Kier molecular flexibility index (Phi) is 4.18. The molecule has 1 fully saturated rings. The summed E-state index contributed by atoms with van der Waals surface area (Å²) in [7, 11) is 0. The Morgan fingerprint density at radius 1 is 1.38 bits per heavy atom. The Balaban J connectivity index is 1.97. The van der Waals surface area contributed by atoms with Gasteiger partial charge in [0.15, 0.2) is 0 Å². The number of nitrogens with zero attached hydrogens (tertiary/aromatic N) is 1. The fraction of sp³-hybridized carbons (Fsp3) is 0.467. The highest BCUT2D eigenvalue weighted by atomic mass is 16.4. The number of amides is 1. The second kappa shape index (κ2) is 5.73. The lowest BCUT2D eigenvalue weighted by Crippen LogP contribution is -2.45. The second-order valence-electron chi connectivity index (χ2n) is 5.85. The van der Waals surface area contributed by atoms with Crippen LogP contribution in [0, 0.1) is 5.41 Å². The maximum Gasteiger partial charge on any atom is 0.311 e. The van der Waals surface area contributed by atoms with E-state index in [9.17, 15) is 19.8 Å². The summed E-state index contributed by atoms with van der Waals surface area (Å²) in [5.41, 5.74) is 5.91. The van der Waals surface area contributed by atoms with E-state index in [0.29, 0.717) is 19.4 Å². The molecule has 1 heterocycles. The molecule has 21 heavy (non-hydrogen) atoms. The summed E-state index contributed by atoms with van der Waals surface area (Å²) in [6, 6.07) is 5.82. The molecule has 1 aromatic rings. The summed E-state index contributed by atoms with van der Waals surface area (Å²) in [5.74, 6) is -0.951. The highest BCUT2D eigenvalue weighted by molar-refractivity contribution is 5.84. The Hall–Kier alpha value is -2.08. The minimum Gasteiger partial charge on any atom is -0.508 e. The molecule has 2 unspecified atom stereocenters. The van der Waals surface area contributed by atoms with Crippen molar-refractivity contribution in [2.24, 2.45) is 11.1 Å². The molecule has 6 heteroatoms. The first-order valence-electron chi connectivity index (χ1n) is 6.87. The van der Waals surface area contributed by atoms with E-state index < -0.39 is 17.4 Å². The van der Waals surface area contributed by atoms with Crippen LogP contribution >= 0.6 is 0 Å². The van der Waals surface area contributed by atoms with Crippen molar-refractivity contribution in [3.8, 4) is 5.75 Å². The van der Waals surface area contributed by atoms with E-state index in [1.54, 1.807) is 31.2 Å². The van der Waals surface area contributed by atoms with Gasteiger partial charge in [0.25, 0.3) is 0 Å². The minimum atomic E-state index is -0.884. The molecule has 1 amide bonds. The number of carboxylic acid groups (broad SMARTS) is 1. The van der Waals surface area contributed by atoms with E-state index >= 15 is 0 Å². The largest absolute Gasteiger partial charge is 0.508 e. The van der Waals surface area contributed by atoms with Crippen molar-refractivity contribution in [2.75, 3.05) is 13.1 Å². The van der Waals surface area contributed by atoms with Gasteiger partial charge in [0.2, 0.25) is 5.91 Å². The molecular weight excluding hydrogens is 272 g/mol. The van der Waals surface area contributed by atoms with Crippen LogP contribution in [0.3, 0.4) is 0 Å². The van der Waals surface area contributed by atoms with Gasteiger partial charge in [0.05, 0.1) is 11.5 Å².